The van der Waals surface area contributed by atoms with Gasteiger partial charge in [-0.25, -0.2) is 9.80 Å². The van der Waals surface area contributed by atoms with Gasteiger partial charge in [-0.15, -0.1) is 0 Å². The number of carbonyl (C=O) groups is 2. The number of hydrazone groups is 1. The van der Waals surface area contributed by atoms with E-state index in [1.54, 1.807) is 14.2 Å². The predicted octanol–water partition coefficient (Wildman–Crippen LogP) is 3.75. The fourth-order valence-corrected chi connectivity index (χ4v) is 3.79. The summed E-state index contributed by atoms with van der Waals surface area (Å²) >= 11 is 0. The van der Waals surface area contributed by atoms with Gasteiger partial charge in [0.1, 0.15) is 12.3 Å². The van der Waals surface area contributed by atoms with Gasteiger partial charge in [-0.2, -0.15) is 5.10 Å². The molecule has 34 heavy (non-hydrogen) atoms. The number of carbonyl (C=O) groups excluding carboxylic acids is 2. The van der Waals surface area contributed by atoms with Gasteiger partial charge in [-0.05, 0) is 38.5 Å². The van der Waals surface area contributed by atoms with Crippen molar-refractivity contribution in [3.63, 3.8) is 0 Å². The van der Waals surface area contributed by atoms with Gasteiger partial charge < -0.3 is 19.7 Å². The van der Waals surface area contributed by atoms with Crippen molar-refractivity contribution in [3.8, 4) is 5.75 Å². The Kier molecular flexibility index (Phi) is 8.65. The van der Waals surface area contributed by atoms with Gasteiger partial charge in [0.25, 0.3) is 5.91 Å². The summed E-state index contributed by atoms with van der Waals surface area (Å²) in [5, 5.41) is 9.09. The molecule has 1 heterocycles. The highest BCUT2D eigenvalue weighted by atomic mass is 16.5. The number of hydrogen-bond acceptors (Lipinski definition) is 5. The highest BCUT2D eigenvalue weighted by molar-refractivity contribution is 6.03. The molecule has 0 radical (unpaired) electrons. The number of hydrogen-bond donors (Lipinski definition) is 1. The van der Waals surface area contributed by atoms with Crippen molar-refractivity contribution < 1.29 is 19.1 Å². The molecular formula is C26H34N4O4. The van der Waals surface area contributed by atoms with E-state index in [0.717, 1.165) is 28.2 Å². The summed E-state index contributed by atoms with van der Waals surface area (Å²) < 4.78 is 10.5. The molecule has 1 atom stereocenters. The maximum atomic E-state index is 13.5. The summed E-state index contributed by atoms with van der Waals surface area (Å²) in [6, 6.07) is 15.2. The molecule has 0 saturated carbocycles. The van der Waals surface area contributed by atoms with E-state index in [4.69, 9.17) is 14.6 Å². The van der Waals surface area contributed by atoms with Crippen LogP contribution in [0.4, 0.5) is 4.79 Å². The summed E-state index contributed by atoms with van der Waals surface area (Å²) in [5.74, 6) is 0.478. The van der Waals surface area contributed by atoms with Gasteiger partial charge in [0.05, 0.1) is 25.5 Å². The van der Waals surface area contributed by atoms with Crippen molar-refractivity contribution in [1.82, 2.24) is 15.2 Å². The van der Waals surface area contributed by atoms with Crippen LogP contribution in [0, 0.1) is 6.92 Å². The monoisotopic (exact) mass is 466 g/mol. The highest BCUT2D eigenvalue weighted by Gasteiger charge is 2.34. The second kappa shape index (κ2) is 11.7. The van der Waals surface area contributed by atoms with E-state index < -0.39 is 0 Å². The fraction of sp³-hybridized carbons (Fsp3) is 0.423. The van der Waals surface area contributed by atoms with E-state index >= 15 is 0 Å². The minimum Gasteiger partial charge on any atom is -0.497 e. The zero-order valence-corrected chi connectivity index (χ0v) is 20.6. The number of methoxy groups -OCH3 is 2. The molecule has 1 N–H and O–H groups in total. The van der Waals surface area contributed by atoms with Crippen LogP contribution in [0.1, 0.15) is 43.0 Å². The minimum atomic E-state index is -0.302. The number of nitrogens with zero attached hydrogens (tertiary/aromatic N) is 3. The summed E-state index contributed by atoms with van der Waals surface area (Å²) in [5.41, 5.74) is 3.84. The summed E-state index contributed by atoms with van der Waals surface area (Å²) in [6.07, 6.45) is 0.568. The summed E-state index contributed by atoms with van der Waals surface area (Å²) in [6.45, 7) is 6.33. The standard InChI is InChI=1S/C26H34N4O4/c1-18(2)27-26(32)29(13-14-33-4)17-25(31)30-24(20-11-9-19(3)10-12-20)16-23(28-30)21-7-6-8-22(15-21)34-5/h6-12,15,18,24H,13-14,16-17H2,1-5H3,(H,27,32)/t24-/m1/s1. The summed E-state index contributed by atoms with van der Waals surface area (Å²) in [7, 11) is 3.19. The molecule has 3 rings (SSSR count). The number of aryl methyl sites for hydroxylation is 1. The minimum absolute atomic E-state index is 0.0441. The van der Waals surface area contributed by atoms with E-state index in [0.29, 0.717) is 19.6 Å². The molecule has 0 fully saturated rings. The molecule has 182 valence electrons. The number of ether oxygens (including phenoxy) is 2. The molecule has 2 aromatic rings. The fourth-order valence-electron chi connectivity index (χ4n) is 3.79. The molecule has 1 aliphatic heterocycles. The molecule has 3 amide bonds. The van der Waals surface area contributed by atoms with Crippen molar-refractivity contribution in [2.24, 2.45) is 5.10 Å². The van der Waals surface area contributed by atoms with Gasteiger partial charge in [-0.1, -0.05) is 42.0 Å². The Morgan fingerprint density at radius 1 is 1.18 bits per heavy atom. The van der Waals surface area contributed by atoms with Crippen LogP contribution in [0.3, 0.4) is 0 Å². The zero-order chi connectivity index (χ0) is 24.7. The van der Waals surface area contributed by atoms with Gasteiger partial charge in [-0.3, -0.25) is 4.79 Å². The molecule has 8 nitrogen and oxygen atoms in total. The van der Waals surface area contributed by atoms with Gasteiger partial charge in [0.2, 0.25) is 0 Å². The van der Waals surface area contributed by atoms with Crippen LogP contribution in [0.2, 0.25) is 0 Å². The molecule has 0 bridgehead atoms. The third-order valence-electron chi connectivity index (χ3n) is 5.62. The lowest BCUT2D eigenvalue weighted by Crippen LogP contribution is -2.48. The van der Waals surface area contributed by atoms with Crippen LogP contribution >= 0.6 is 0 Å². The van der Waals surface area contributed by atoms with Crippen molar-refractivity contribution in [2.75, 3.05) is 33.9 Å². The van der Waals surface area contributed by atoms with Crippen LogP contribution in [0.25, 0.3) is 0 Å². The first-order valence-electron chi connectivity index (χ1n) is 11.5. The Balaban J connectivity index is 1.89. The molecule has 0 aliphatic carbocycles. The number of nitrogens with one attached hydrogen (secondary N) is 1. The molecule has 0 saturated heterocycles. The lowest BCUT2D eigenvalue weighted by Gasteiger charge is -2.27. The lowest BCUT2D eigenvalue weighted by molar-refractivity contribution is -0.133. The zero-order valence-electron chi connectivity index (χ0n) is 20.6. The van der Waals surface area contributed by atoms with Crippen molar-refractivity contribution in [1.29, 1.82) is 0 Å². The van der Waals surface area contributed by atoms with Crippen molar-refractivity contribution in [3.05, 3.63) is 65.2 Å². The van der Waals surface area contributed by atoms with Crippen LogP contribution in [0.15, 0.2) is 53.6 Å². The van der Waals surface area contributed by atoms with E-state index in [1.165, 1.54) is 9.91 Å². The quantitative estimate of drug-likeness (QED) is 0.610. The number of amides is 3. The maximum Gasteiger partial charge on any atom is 0.318 e. The van der Waals surface area contributed by atoms with E-state index in [-0.39, 0.29) is 30.6 Å². The van der Waals surface area contributed by atoms with Gasteiger partial charge in [0.15, 0.2) is 0 Å². The number of urea groups is 1. The first-order chi connectivity index (χ1) is 16.3. The molecule has 0 spiro atoms. The highest BCUT2D eigenvalue weighted by Crippen LogP contribution is 2.33. The first kappa shape index (κ1) is 25.2. The van der Waals surface area contributed by atoms with E-state index in [9.17, 15) is 9.59 Å². The van der Waals surface area contributed by atoms with Gasteiger partial charge in [0, 0.05) is 31.7 Å². The van der Waals surface area contributed by atoms with Crippen molar-refractivity contribution in [2.45, 2.75) is 39.3 Å². The van der Waals surface area contributed by atoms with Gasteiger partial charge >= 0.3 is 6.03 Å². The van der Waals surface area contributed by atoms with Crippen LogP contribution in [0.5, 0.6) is 5.75 Å². The third kappa shape index (κ3) is 6.35. The second-order valence-corrected chi connectivity index (χ2v) is 8.67. The normalized spacial score (nSPS) is 15.3. The van der Waals surface area contributed by atoms with Crippen LogP contribution in [-0.4, -0.2) is 67.5 Å². The third-order valence-corrected chi connectivity index (χ3v) is 5.62. The van der Waals surface area contributed by atoms with E-state index in [2.05, 4.69) is 5.32 Å². The molecule has 8 heteroatoms. The molecule has 0 aromatic heterocycles. The largest absolute Gasteiger partial charge is 0.497 e. The average molecular weight is 467 g/mol. The second-order valence-electron chi connectivity index (χ2n) is 8.67. The van der Waals surface area contributed by atoms with Crippen LogP contribution in [-0.2, 0) is 9.53 Å². The molecule has 0 unspecified atom stereocenters. The SMILES string of the molecule is COCCN(CC(=O)N1N=C(c2cccc(OC)c2)C[C@@H]1c1ccc(C)cc1)C(=O)NC(C)C. The van der Waals surface area contributed by atoms with Crippen molar-refractivity contribution >= 4 is 17.6 Å². The Bertz CT molecular complexity index is 1020. The molecule has 1 aliphatic rings. The van der Waals surface area contributed by atoms with E-state index in [1.807, 2.05) is 69.3 Å². The van der Waals surface area contributed by atoms with Crippen LogP contribution < -0.4 is 10.1 Å². The number of benzene rings is 2. The number of rotatable bonds is 9. The Morgan fingerprint density at radius 3 is 2.56 bits per heavy atom. The summed E-state index contributed by atoms with van der Waals surface area (Å²) in [4.78, 5) is 27.7. The Morgan fingerprint density at radius 2 is 1.91 bits per heavy atom. The smallest absolute Gasteiger partial charge is 0.318 e. The first-order valence-corrected chi connectivity index (χ1v) is 11.5. The molecular weight excluding hydrogens is 432 g/mol. The predicted molar refractivity (Wildman–Crippen MR) is 132 cm³/mol. The maximum absolute atomic E-state index is 13.5. The average Bonchev–Trinajstić information content (AvgIpc) is 3.27. The Labute approximate surface area is 201 Å². The topological polar surface area (TPSA) is 83.5 Å². The Hall–Kier alpha value is -3.39. The lowest BCUT2D eigenvalue weighted by atomic mass is 9.97. The molecule has 2 aromatic carbocycles.